The number of hydrogen-bond acceptors (Lipinski definition) is 7. The van der Waals surface area contributed by atoms with Crippen molar-refractivity contribution >= 4 is 63.9 Å². The second-order valence-corrected chi connectivity index (χ2v) is 13.3. The van der Waals surface area contributed by atoms with Crippen LogP contribution in [-0.4, -0.2) is 43.4 Å². The Labute approximate surface area is 281 Å². The fraction of sp³-hybridized carbons (Fsp3) is 0.250. The molecule has 0 bridgehead atoms. The number of amides is 4. The number of allylic oxidation sites excluding steroid dienone is 2. The minimum atomic E-state index is -2.79. The van der Waals surface area contributed by atoms with Gasteiger partial charge in [-0.25, -0.2) is 31.8 Å². The van der Waals surface area contributed by atoms with E-state index in [2.05, 4.69) is 0 Å². The molecular weight excluding hydrogens is 704 g/mol. The molecule has 0 radical (unpaired) electrons. The molecule has 252 valence electrons. The summed E-state index contributed by atoms with van der Waals surface area (Å²) in [6.07, 6.45) is 0.570. The predicted molar refractivity (Wildman–Crippen MR) is 160 cm³/mol. The molecule has 10 nitrogen and oxygen atoms in total. The number of non-ortho nitro benzene ring substituents is 1. The van der Waals surface area contributed by atoms with Crippen molar-refractivity contribution in [2.45, 2.75) is 28.5 Å². The number of rotatable bonds is 4. The topological polar surface area (TPSA) is 138 Å². The van der Waals surface area contributed by atoms with Crippen LogP contribution in [-0.2, 0) is 19.2 Å². The quantitative estimate of drug-likeness (QED) is 0.0528. The molecule has 4 aliphatic rings. The van der Waals surface area contributed by atoms with E-state index >= 15 is 8.78 Å². The summed E-state index contributed by atoms with van der Waals surface area (Å²) in [5, 5.41) is 22.4. The standard InChI is InChI=1S/C32H18Cl2F5N3O7/c33-31-11-17-14(8-9-16-19(17)28(45)40(27(16)44)12-4-3-5-13(10-12)42(48)49)20(15-6-1-2-7-18(15)43)32(31,34)30(47)41(29(31)46)26-24(38)22(36)21(35)23(37)25(26)39/h1-8,10,16-17,19-20,43H,9,11H2/t16-,17+,19-,20+,31+,32-/m0/s1. The minimum Gasteiger partial charge on any atom is -0.508 e. The van der Waals surface area contributed by atoms with E-state index in [9.17, 15) is 47.6 Å². The molecule has 7 rings (SSSR count). The van der Waals surface area contributed by atoms with E-state index in [1.165, 1.54) is 42.5 Å². The summed E-state index contributed by atoms with van der Waals surface area (Å²) >= 11 is 14.0. The fourth-order valence-electron chi connectivity index (χ4n) is 7.64. The average Bonchev–Trinajstić information content (AvgIpc) is 3.41. The summed E-state index contributed by atoms with van der Waals surface area (Å²) < 4.78 is 72.9. The molecule has 3 aromatic rings. The van der Waals surface area contributed by atoms with E-state index < -0.39 is 115 Å². The van der Waals surface area contributed by atoms with Gasteiger partial charge in [0.2, 0.25) is 17.6 Å². The first kappa shape index (κ1) is 32.6. The number of halogens is 7. The molecule has 2 saturated heterocycles. The van der Waals surface area contributed by atoms with E-state index in [4.69, 9.17) is 23.2 Å². The molecule has 3 fully saturated rings. The van der Waals surface area contributed by atoms with Crippen molar-refractivity contribution < 1.29 is 51.2 Å². The Balaban J connectivity index is 1.42. The third kappa shape index (κ3) is 4.11. The Kier molecular flexibility index (Phi) is 7.20. The number of para-hydroxylation sites is 1. The molecule has 4 amide bonds. The molecule has 2 heterocycles. The molecule has 0 spiro atoms. The largest absolute Gasteiger partial charge is 0.508 e. The summed E-state index contributed by atoms with van der Waals surface area (Å²) in [5.41, 5.74) is -2.46. The maximum absolute atomic E-state index is 15.1. The van der Waals surface area contributed by atoms with Gasteiger partial charge in [-0.3, -0.25) is 29.3 Å². The number of phenolic OH excluding ortho intramolecular Hbond substituents is 1. The number of fused-ring (bicyclic) bond motifs is 4. The van der Waals surface area contributed by atoms with Gasteiger partial charge < -0.3 is 5.11 Å². The van der Waals surface area contributed by atoms with Gasteiger partial charge in [-0.2, -0.15) is 0 Å². The minimum absolute atomic E-state index is 0.120. The van der Waals surface area contributed by atoms with Crippen molar-refractivity contribution in [3.8, 4) is 5.75 Å². The molecule has 17 heteroatoms. The lowest BCUT2D eigenvalue weighted by molar-refractivity contribution is -0.384. The summed E-state index contributed by atoms with van der Waals surface area (Å²) in [5.74, 6) is -23.2. The number of carbonyl (C=O) groups excluding carboxylic acids is 4. The van der Waals surface area contributed by atoms with Gasteiger partial charge in [-0.15, -0.1) is 23.2 Å². The number of imide groups is 2. The van der Waals surface area contributed by atoms with Gasteiger partial charge in [0.25, 0.3) is 17.5 Å². The number of nitro groups is 1. The van der Waals surface area contributed by atoms with Crippen LogP contribution in [0.2, 0.25) is 0 Å². The number of aromatic hydroxyl groups is 1. The maximum atomic E-state index is 15.1. The number of carbonyl (C=O) groups is 4. The van der Waals surface area contributed by atoms with Crippen LogP contribution in [0.3, 0.4) is 0 Å². The molecule has 49 heavy (non-hydrogen) atoms. The summed E-state index contributed by atoms with van der Waals surface area (Å²) in [6, 6.07) is 10.0. The van der Waals surface area contributed by atoms with Crippen molar-refractivity contribution in [3.63, 3.8) is 0 Å². The Morgan fingerprint density at radius 3 is 2.08 bits per heavy atom. The van der Waals surface area contributed by atoms with Crippen molar-refractivity contribution in [1.29, 1.82) is 0 Å². The molecule has 0 unspecified atom stereocenters. The molecule has 6 atom stereocenters. The third-order valence-electron chi connectivity index (χ3n) is 9.77. The van der Waals surface area contributed by atoms with Crippen LogP contribution in [0.25, 0.3) is 0 Å². The highest BCUT2D eigenvalue weighted by Gasteiger charge is 2.77. The van der Waals surface area contributed by atoms with Crippen LogP contribution in [0.5, 0.6) is 5.75 Å². The smallest absolute Gasteiger partial charge is 0.271 e. The van der Waals surface area contributed by atoms with E-state index in [1.54, 1.807) is 0 Å². The highest BCUT2D eigenvalue weighted by molar-refractivity contribution is 6.58. The van der Waals surface area contributed by atoms with Gasteiger partial charge in [-0.05, 0) is 30.9 Å². The van der Waals surface area contributed by atoms with E-state index in [0.29, 0.717) is 0 Å². The molecule has 1 saturated carbocycles. The lowest BCUT2D eigenvalue weighted by Crippen LogP contribution is -2.60. The second-order valence-electron chi connectivity index (χ2n) is 12.0. The van der Waals surface area contributed by atoms with Gasteiger partial charge in [0, 0.05) is 23.6 Å². The Bertz CT molecular complexity index is 2090. The SMILES string of the molecule is O=C1[C@H]2[C@H](CC=C3[C@H]2C[C@@]2(Cl)C(=O)N(c4c(F)c(F)c(F)c(F)c4F)C(=O)[C@@]2(Cl)[C@H]3c2ccccc2O)C(=O)N1c1cccc([N+](=O)[O-])c1. The number of benzene rings is 3. The number of anilines is 2. The predicted octanol–water partition coefficient (Wildman–Crippen LogP) is 5.76. The first-order chi connectivity index (χ1) is 23.1. The van der Waals surface area contributed by atoms with Crippen LogP contribution in [0, 0.1) is 57.0 Å². The zero-order valence-corrected chi connectivity index (χ0v) is 25.8. The summed E-state index contributed by atoms with van der Waals surface area (Å²) in [7, 11) is 0. The lowest BCUT2D eigenvalue weighted by Gasteiger charge is -2.50. The van der Waals surface area contributed by atoms with Crippen molar-refractivity contribution in [3.05, 3.63) is 105 Å². The number of hydrogen-bond donors (Lipinski definition) is 1. The zero-order valence-electron chi connectivity index (χ0n) is 24.3. The highest BCUT2D eigenvalue weighted by Crippen LogP contribution is 2.66. The normalized spacial score (nSPS) is 29.2. The molecular formula is C32H18Cl2F5N3O7. The van der Waals surface area contributed by atoms with Gasteiger partial charge in [0.1, 0.15) is 11.4 Å². The van der Waals surface area contributed by atoms with Crippen LogP contribution in [0.15, 0.2) is 60.2 Å². The fourth-order valence-corrected chi connectivity index (χ4v) is 8.57. The van der Waals surface area contributed by atoms with Gasteiger partial charge >= 0.3 is 0 Å². The van der Waals surface area contributed by atoms with E-state index in [1.807, 2.05) is 0 Å². The summed E-state index contributed by atoms with van der Waals surface area (Å²) in [4.78, 5) is 61.8. The van der Waals surface area contributed by atoms with Crippen LogP contribution in [0.4, 0.5) is 39.0 Å². The van der Waals surface area contributed by atoms with Crippen molar-refractivity contribution in [1.82, 2.24) is 0 Å². The monoisotopic (exact) mass is 721 g/mol. The molecule has 0 aromatic heterocycles. The van der Waals surface area contributed by atoms with E-state index in [-0.39, 0.29) is 28.1 Å². The number of phenols is 1. The van der Waals surface area contributed by atoms with Crippen molar-refractivity contribution in [2.75, 3.05) is 9.80 Å². The van der Waals surface area contributed by atoms with Gasteiger partial charge in [0.15, 0.2) is 33.0 Å². The number of nitrogens with zero attached hydrogens (tertiary/aromatic N) is 3. The molecule has 3 aromatic carbocycles. The van der Waals surface area contributed by atoms with E-state index in [0.717, 1.165) is 17.0 Å². The first-order valence-corrected chi connectivity index (χ1v) is 15.2. The number of alkyl halides is 2. The molecule has 2 aliphatic heterocycles. The first-order valence-electron chi connectivity index (χ1n) is 14.5. The van der Waals surface area contributed by atoms with Crippen LogP contribution in [0.1, 0.15) is 24.3 Å². The Morgan fingerprint density at radius 1 is 0.816 bits per heavy atom. The molecule has 2 aliphatic carbocycles. The lowest BCUT2D eigenvalue weighted by atomic mass is 9.56. The Morgan fingerprint density at radius 2 is 1.45 bits per heavy atom. The second kappa shape index (κ2) is 10.8. The van der Waals surface area contributed by atoms with Crippen LogP contribution < -0.4 is 9.80 Å². The average molecular weight is 722 g/mol. The zero-order chi connectivity index (χ0) is 35.5. The van der Waals surface area contributed by atoms with Crippen molar-refractivity contribution in [2.24, 2.45) is 17.8 Å². The summed E-state index contributed by atoms with van der Waals surface area (Å²) in [6.45, 7) is 0. The van der Waals surface area contributed by atoms with Crippen LogP contribution >= 0.6 is 23.2 Å². The molecule has 1 N–H and O–H groups in total. The Hall–Kier alpha value is -4.89. The van der Waals surface area contributed by atoms with Gasteiger partial charge in [-0.1, -0.05) is 35.9 Å². The van der Waals surface area contributed by atoms with Gasteiger partial charge in [0.05, 0.1) is 22.4 Å². The maximum Gasteiger partial charge on any atom is 0.271 e. The number of nitro benzene ring substituents is 1. The highest BCUT2D eigenvalue weighted by atomic mass is 35.5. The third-order valence-corrected chi connectivity index (χ3v) is 11.2.